The van der Waals surface area contributed by atoms with Gasteiger partial charge in [0.1, 0.15) is 16.9 Å². The highest BCUT2D eigenvalue weighted by Crippen LogP contribution is 2.35. The molecule has 1 aromatic carbocycles. The Labute approximate surface area is 148 Å². The van der Waals surface area contributed by atoms with Gasteiger partial charge in [0.15, 0.2) is 11.4 Å². The van der Waals surface area contributed by atoms with Crippen molar-refractivity contribution in [3.8, 4) is 0 Å². The molecule has 27 heavy (non-hydrogen) atoms. The van der Waals surface area contributed by atoms with Crippen molar-refractivity contribution in [1.29, 1.82) is 0 Å². The summed E-state index contributed by atoms with van der Waals surface area (Å²) in [4.78, 5) is 19.2. The highest BCUT2D eigenvalue weighted by atomic mass is 19.4. The minimum atomic E-state index is -5.08. The normalized spacial score (nSPS) is 14.8. The number of nitrogen functional groups attached to an aromatic ring is 1. The molecule has 3 aromatic rings. The maximum Gasteiger partial charge on any atom is 0.490 e. The second-order valence-corrected chi connectivity index (χ2v) is 5.77. The molecule has 0 bridgehead atoms. The largest absolute Gasteiger partial charge is 0.490 e. The van der Waals surface area contributed by atoms with Crippen LogP contribution in [0.5, 0.6) is 0 Å². The van der Waals surface area contributed by atoms with Crippen LogP contribution in [0.1, 0.15) is 0 Å². The molecule has 1 aliphatic rings. The molecular weight excluding hydrogens is 374 g/mol. The van der Waals surface area contributed by atoms with Crippen LogP contribution < -0.4 is 16.4 Å². The van der Waals surface area contributed by atoms with E-state index >= 15 is 0 Å². The van der Waals surface area contributed by atoms with Crippen LogP contribution in [0.15, 0.2) is 22.6 Å². The van der Waals surface area contributed by atoms with Gasteiger partial charge < -0.3 is 25.9 Å². The van der Waals surface area contributed by atoms with Crippen molar-refractivity contribution in [3.63, 3.8) is 0 Å². The Morgan fingerprint density at radius 3 is 2.48 bits per heavy atom. The van der Waals surface area contributed by atoms with Gasteiger partial charge in [0.05, 0.1) is 5.39 Å². The van der Waals surface area contributed by atoms with E-state index in [0.29, 0.717) is 41.0 Å². The molecule has 1 aliphatic heterocycles. The molecule has 0 unspecified atom stereocenters. The van der Waals surface area contributed by atoms with Gasteiger partial charge in [-0.1, -0.05) is 6.07 Å². The van der Waals surface area contributed by atoms with E-state index in [2.05, 4.69) is 9.97 Å². The van der Waals surface area contributed by atoms with E-state index in [0.717, 1.165) is 0 Å². The topological polar surface area (TPSA) is 132 Å². The Bertz CT molecular complexity index is 1010. The van der Waals surface area contributed by atoms with Gasteiger partial charge in [0.2, 0.25) is 5.95 Å². The van der Waals surface area contributed by atoms with E-state index < -0.39 is 12.1 Å². The van der Waals surface area contributed by atoms with Crippen LogP contribution in [0.4, 0.5) is 29.3 Å². The SMILES string of the molecule is Nc1nc(N2CC(N)C2)c2oc3cccc(F)c3c2n1.O=C(O)C(F)(F)F. The average Bonchev–Trinajstić information content (AvgIpc) is 2.90. The summed E-state index contributed by atoms with van der Waals surface area (Å²) in [5, 5.41) is 7.46. The summed E-state index contributed by atoms with van der Waals surface area (Å²) in [6.45, 7) is 1.34. The fourth-order valence-corrected chi connectivity index (χ4v) is 2.55. The van der Waals surface area contributed by atoms with E-state index in [9.17, 15) is 17.6 Å². The van der Waals surface area contributed by atoms with Gasteiger partial charge in [-0.05, 0) is 12.1 Å². The highest BCUT2D eigenvalue weighted by Gasteiger charge is 2.38. The molecule has 4 rings (SSSR count). The standard InChI is InChI=1S/C13H12FN5O.C2HF3O2/c14-7-2-1-3-8-9(7)10-11(20-8)12(18-13(16)17-10)19-4-6(15)5-19;3-2(4,5)1(6)7/h1-3,6H,4-5,15H2,(H2,16,17,18);(H,6,7). The molecule has 144 valence electrons. The number of carboxylic acid groups (broad SMARTS) is 1. The smallest absolute Gasteiger partial charge is 0.475 e. The Morgan fingerprint density at radius 2 is 1.93 bits per heavy atom. The van der Waals surface area contributed by atoms with Crippen molar-refractivity contribution in [3.05, 3.63) is 24.0 Å². The molecule has 0 saturated carbocycles. The zero-order chi connectivity index (χ0) is 19.9. The van der Waals surface area contributed by atoms with Gasteiger partial charge in [0, 0.05) is 19.1 Å². The third-order valence-corrected chi connectivity index (χ3v) is 3.74. The first-order valence-electron chi connectivity index (χ1n) is 7.52. The van der Waals surface area contributed by atoms with Gasteiger partial charge in [-0.15, -0.1) is 0 Å². The molecule has 0 aliphatic carbocycles. The third-order valence-electron chi connectivity index (χ3n) is 3.74. The van der Waals surface area contributed by atoms with Crippen LogP contribution in [0, 0.1) is 5.82 Å². The lowest BCUT2D eigenvalue weighted by Crippen LogP contribution is -2.56. The summed E-state index contributed by atoms with van der Waals surface area (Å²) >= 11 is 0. The molecule has 5 N–H and O–H groups in total. The lowest BCUT2D eigenvalue weighted by Gasteiger charge is -2.37. The first-order valence-corrected chi connectivity index (χ1v) is 7.52. The van der Waals surface area contributed by atoms with Crippen LogP contribution in [0.3, 0.4) is 0 Å². The van der Waals surface area contributed by atoms with Gasteiger partial charge in [-0.3, -0.25) is 0 Å². The third kappa shape index (κ3) is 3.56. The summed E-state index contributed by atoms with van der Waals surface area (Å²) in [5.74, 6) is -2.47. The number of rotatable bonds is 1. The number of benzene rings is 1. The minimum absolute atomic E-state index is 0.0962. The lowest BCUT2D eigenvalue weighted by atomic mass is 10.1. The Kier molecular flexibility index (Phi) is 4.51. The second-order valence-electron chi connectivity index (χ2n) is 5.77. The summed E-state index contributed by atoms with van der Waals surface area (Å²) in [6, 6.07) is 4.77. The van der Waals surface area contributed by atoms with E-state index in [1.807, 2.05) is 4.90 Å². The summed E-state index contributed by atoms with van der Waals surface area (Å²) in [7, 11) is 0. The molecule has 0 radical (unpaired) electrons. The summed E-state index contributed by atoms with van der Waals surface area (Å²) in [5.41, 5.74) is 12.8. The number of carboxylic acids is 1. The number of hydrogen-bond acceptors (Lipinski definition) is 7. The fourth-order valence-electron chi connectivity index (χ4n) is 2.55. The van der Waals surface area contributed by atoms with E-state index in [1.54, 1.807) is 12.1 Å². The number of alkyl halides is 3. The number of hydrogen-bond donors (Lipinski definition) is 3. The number of anilines is 2. The number of aromatic nitrogens is 2. The van der Waals surface area contributed by atoms with Gasteiger partial charge in [-0.25, -0.2) is 14.2 Å². The van der Waals surface area contributed by atoms with E-state index in [4.69, 9.17) is 25.8 Å². The summed E-state index contributed by atoms with van der Waals surface area (Å²) < 4.78 is 51.4. The number of halogens is 4. The van der Waals surface area contributed by atoms with Crippen molar-refractivity contribution in [2.45, 2.75) is 12.2 Å². The fraction of sp³-hybridized carbons (Fsp3) is 0.267. The first kappa shape index (κ1) is 18.6. The van der Waals surface area contributed by atoms with Crippen molar-refractivity contribution >= 4 is 39.8 Å². The monoisotopic (exact) mass is 387 g/mol. The average molecular weight is 387 g/mol. The molecule has 3 heterocycles. The lowest BCUT2D eigenvalue weighted by molar-refractivity contribution is -0.192. The minimum Gasteiger partial charge on any atom is -0.475 e. The van der Waals surface area contributed by atoms with E-state index in [1.165, 1.54) is 6.07 Å². The quantitative estimate of drug-likeness (QED) is 0.540. The van der Waals surface area contributed by atoms with Crippen LogP contribution >= 0.6 is 0 Å². The highest BCUT2D eigenvalue weighted by molar-refractivity contribution is 6.06. The first-order chi connectivity index (χ1) is 12.6. The van der Waals surface area contributed by atoms with Crippen LogP contribution in [0.25, 0.3) is 22.1 Å². The van der Waals surface area contributed by atoms with Crippen molar-refractivity contribution < 1.29 is 31.9 Å². The maximum absolute atomic E-state index is 14.0. The Balaban J connectivity index is 0.000000260. The van der Waals surface area contributed by atoms with Crippen LogP contribution in [-0.4, -0.2) is 46.4 Å². The zero-order valence-electron chi connectivity index (χ0n) is 13.5. The number of nitrogens with zero attached hydrogens (tertiary/aromatic N) is 3. The molecule has 8 nitrogen and oxygen atoms in total. The van der Waals surface area contributed by atoms with Crippen molar-refractivity contribution in [2.24, 2.45) is 5.73 Å². The molecule has 0 spiro atoms. The molecule has 12 heteroatoms. The van der Waals surface area contributed by atoms with Gasteiger partial charge >= 0.3 is 12.1 Å². The molecule has 1 fully saturated rings. The van der Waals surface area contributed by atoms with Crippen LogP contribution in [-0.2, 0) is 4.79 Å². The molecule has 1 saturated heterocycles. The zero-order valence-corrected chi connectivity index (χ0v) is 13.5. The second kappa shape index (κ2) is 6.54. The van der Waals surface area contributed by atoms with Crippen LogP contribution in [0.2, 0.25) is 0 Å². The summed E-state index contributed by atoms with van der Waals surface area (Å²) in [6.07, 6.45) is -5.08. The number of fused-ring (bicyclic) bond motifs is 3. The number of carbonyl (C=O) groups is 1. The van der Waals surface area contributed by atoms with Gasteiger partial charge in [-0.2, -0.15) is 18.2 Å². The molecular formula is C15H13F4N5O3. The maximum atomic E-state index is 14.0. The molecule has 0 amide bonds. The number of nitrogens with two attached hydrogens (primary N) is 2. The van der Waals surface area contributed by atoms with Crippen molar-refractivity contribution in [2.75, 3.05) is 23.7 Å². The number of furan rings is 1. The number of aliphatic carboxylic acids is 1. The predicted molar refractivity (Wildman–Crippen MR) is 87.6 cm³/mol. The van der Waals surface area contributed by atoms with Gasteiger partial charge in [0.25, 0.3) is 0 Å². The Morgan fingerprint density at radius 1 is 1.30 bits per heavy atom. The molecule has 2 aromatic heterocycles. The predicted octanol–water partition coefficient (Wildman–Crippen LogP) is 1.88. The molecule has 0 atom stereocenters. The van der Waals surface area contributed by atoms with Crippen molar-refractivity contribution in [1.82, 2.24) is 9.97 Å². The Hall–Kier alpha value is -3.15. The van der Waals surface area contributed by atoms with E-state index in [-0.39, 0.29) is 17.8 Å².